The maximum atomic E-state index is 12.8. The molecule has 0 bridgehead atoms. The molecule has 3 heteroatoms. The molecule has 0 radical (unpaired) electrons. The second kappa shape index (κ2) is 8.03. The summed E-state index contributed by atoms with van der Waals surface area (Å²) in [4.78, 5) is 0. The quantitative estimate of drug-likeness (QED) is 0.686. The van der Waals surface area contributed by atoms with Crippen LogP contribution in [-0.4, -0.2) is 12.5 Å². The van der Waals surface area contributed by atoms with Gasteiger partial charge in [0.1, 0.15) is 5.82 Å². The van der Waals surface area contributed by atoms with Gasteiger partial charge in [0.15, 0.2) is 0 Å². The first-order valence-corrected chi connectivity index (χ1v) is 7.23. The van der Waals surface area contributed by atoms with Gasteiger partial charge in [-0.25, -0.2) is 4.39 Å². The van der Waals surface area contributed by atoms with Crippen LogP contribution in [-0.2, 0) is 17.8 Å². The summed E-state index contributed by atoms with van der Waals surface area (Å²) in [6.45, 7) is 1.20. The van der Waals surface area contributed by atoms with Crippen molar-refractivity contribution < 1.29 is 9.13 Å². The molecule has 2 aromatic carbocycles. The molecule has 1 atom stereocenters. The van der Waals surface area contributed by atoms with Crippen molar-refractivity contribution >= 4 is 11.6 Å². The van der Waals surface area contributed by atoms with E-state index in [9.17, 15) is 4.39 Å². The van der Waals surface area contributed by atoms with E-state index in [4.69, 9.17) is 16.3 Å². The maximum absolute atomic E-state index is 12.8. The van der Waals surface area contributed by atoms with Gasteiger partial charge in [-0.3, -0.25) is 0 Å². The molecule has 0 heterocycles. The van der Waals surface area contributed by atoms with Crippen molar-refractivity contribution in [3.63, 3.8) is 0 Å². The maximum Gasteiger partial charge on any atom is 0.123 e. The van der Waals surface area contributed by atoms with E-state index in [1.165, 1.54) is 12.1 Å². The molecule has 0 amide bonds. The van der Waals surface area contributed by atoms with E-state index in [0.29, 0.717) is 19.1 Å². The zero-order valence-corrected chi connectivity index (χ0v) is 12.0. The Morgan fingerprint density at radius 1 is 0.950 bits per heavy atom. The number of alkyl halides is 1. The van der Waals surface area contributed by atoms with Crippen molar-refractivity contribution in [3.8, 4) is 0 Å². The lowest BCUT2D eigenvalue weighted by molar-refractivity contribution is 0.0931. The molecule has 0 aliphatic heterocycles. The molecular weight excluding hydrogens is 275 g/mol. The third-order valence-corrected chi connectivity index (χ3v) is 3.56. The summed E-state index contributed by atoms with van der Waals surface area (Å²) in [5.41, 5.74) is 2.24. The van der Waals surface area contributed by atoms with Gasteiger partial charge in [-0.2, -0.15) is 0 Å². The second-order valence-corrected chi connectivity index (χ2v) is 5.16. The minimum atomic E-state index is -0.212. The molecule has 106 valence electrons. The normalized spacial score (nSPS) is 12.3. The topological polar surface area (TPSA) is 9.23 Å². The SMILES string of the molecule is Fc1ccc(CC(CCl)COCc2ccccc2)cc1. The van der Waals surface area contributed by atoms with E-state index < -0.39 is 0 Å². The summed E-state index contributed by atoms with van der Waals surface area (Å²) in [5.74, 6) is 0.564. The zero-order valence-electron chi connectivity index (χ0n) is 11.3. The van der Waals surface area contributed by atoms with Crippen LogP contribution in [0.5, 0.6) is 0 Å². The Labute approximate surface area is 124 Å². The van der Waals surface area contributed by atoms with Gasteiger partial charge < -0.3 is 4.74 Å². The van der Waals surface area contributed by atoms with Gasteiger partial charge in [-0.1, -0.05) is 42.5 Å². The van der Waals surface area contributed by atoms with Crippen molar-refractivity contribution in [2.24, 2.45) is 5.92 Å². The average Bonchev–Trinajstić information content (AvgIpc) is 2.49. The van der Waals surface area contributed by atoms with Crippen molar-refractivity contribution in [3.05, 3.63) is 71.5 Å². The van der Waals surface area contributed by atoms with Crippen molar-refractivity contribution in [1.29, 1.82) is 0 Å². The Kier molecular flexibility index (Phi) is 6.03. The Morgan fingerprint density at radius 3 is 2.30 bits per heavy atom. The van der Waals surface area contributed by atoms with Crippen LogP contribution in [0.15, 0.2) is 54.6 Å². The van der Waals surface area contributed by atoms with E-state index in [1.54, 1.807) is 12.1 Å². The van der Waals surface area contributed by atoms with Crippen LogP contribution < -0.4 is 0 Å². The van der Waals surface area contributed by atoms with Crippen LogP contribution in [0.25, 0.3) is 0 Å². The first-order valence-electron chi connectivity index (χ1n) is 6.70. The van der Waals surface area contributed by atoms with Gasteiger partial charge >= 0.3 is 0 Å². The fourth-order valence-corrected chi connectivity index (χ4v) is 2.23. The van der Waals surface area contributed by atoms with E-state index in [1.807, 2.05) is 30.3 Å². The molecule has 0 saturated heterocycles. The number of benzene rings is 2. The van der Waals surface area contributed by atoms with E-state index in [-0.39, 0.29) is 11.7 Å². The van der Waals surface area contributed by atoms with Gasteiger partial charge in [0.25, 0.3) is 0 Å². The van der Waals surface area contributed by atoms with Crippen LogP contribution in [0.2, 0.25) is 0 Å². The largest absolute Gasteiger partial charge is 0.376 e. The molecule has 0 fully saturated rings. The Bertz CT molecular complexity index is 498. The number of ether oxygens (including phenoxy) is 1. The summed E-state index contributed by atoms with van der Waals surface area (Å²) >= 11 is 5.98. The minimum absolute atomic E-state index is 0.212. The monoisotopic (exact) mass is 292 g/mol. The van der Waals surface area contributed by atoms with E-state index in [0.717, 1.165) is 17.5 Å². The summed E-state index contributed by atoms with van der Waals surface area (Å²) in [5, 5.41) is 0. The van der Waals surface area contributed by atoms with E-state index >= 15 is 0 Å². The molecule has 2 rings (SSSR count). The highest BCUT2D eigenvalue weighted by atomic mass is 35.5. The Hall–Kier alpha value is -1.38. The second-order valence-electron chi connectivity index (χ2n) is 4.85. The summed E-state index contributed by atoms with van der Waals surface area (Å²) in [7, 11) is 0. The fraction of sp³-hybridized carbons (Fsp3) is 0.294. The molecule has 0 saturated carbocycles. The highest BCUT2D eigenvalue weighted by Crippen LogP contribution is 2.13. The lowest BCUT2D eigenvalue weighted by Crippen LogP contribution is -2.14. The van der Waals surface area contributed by atoms with Gasteiger partial charge in [0.2, 0.25) is 0 Å². The molecule has 0 N–H and O–H groups in total. The molecule has 0 aromatic heterocycles. The molecule has 0 spiro atoms. The van der Waals surface area contributed by atoms with Crippen molar-refractivity contribution in [2.45, 2.75) is 13.0 Å². The molecular formula is C17H18ClFO. The predicted molar refractivity (Wildman–Crippen MR) is 80.4 cm³/mol. The van der Waals surface area contributed by atoms with Crippen molar-refractivity contribution in [2.75, 3.05) is 12.5 Å². The van der Waals surface area contributed by atoms with Crippen LogP contribution in [0.1, 0.15) is 11.1 Å². The van der Waals surface area contributed by atoms with Crippen LogP contribution >= 0.6 is 11.6 Å². The first kappa shape index (κ1) is 15.0. The summed E-state index contributed by atoms with van der Waals surface area (Å²) in [6, 6.07) is 16.6. The first-order chi connectivity index (χ1) is 9.78. The van der Waals surface area contributed by atoms with Gasteiger partial charge in [-0.15, -0.1) is 11.6 Å². The molecule has 2 aromatic rings. The molecule has 1 unspecified atom stereocenters. The van der Waals surface area contributed by atoms with Crippen LogP contribution in [0, 0.1) is 11.7 Å². The van der Waals surface area contributed by atoms with Gasteiger partial charge in [0, 0.05) is 5.88 Å². The molecule has 20 heavy (non-hydrogen) atoms. The third kappa shape index (κ3) is 4.95. The predicted octanol–water partition coefficient (Wildman–Crippen LogP) is 4.44. The standard InChI is InChI=1S/C17H18ClFO/c18-11-16(10-14-6-8-17(19)9-7-14)13-20-12-15-4-2-1-3-5-15/h1-9,16H,10-13H2. The lowest BCUT2D eigenvalue weighted by Gasteiger charge is -2.14. The van der Waals surface area contributed by atoms with E-state index in [2.05, 4.69) is 0 Å². The average molecular weight is 293 g/mol. The third-order valence-electron chi connectivity index (χ3n) is 3.12. The van der Waals surface area contributed by atoms with Crippen LogP contribution in [0.4, 0.5) is 4.39 Å². The van der Waals surface area contributed by atoms with Crippen molar-refractivity contribution in [1.82, 2.24) is 0 Å². The number of hydrogen-bond donors (Lipinski definition) is 0. The summed E-state index contributed by atoms with van der Waals surface area (Å²) < 4.78 is 18.6. The highest BCUT2D eigenvalue weighted by Gasteiger charge is 2.09. The van der Waals surface area contributed by atoms with Crippen LogP contribution in [0.3, 0.4) is 0 Å². The van der Waals surface area contributed by atoms with Gasteiger partial charge in [-0.05, 0) is 35.6 Å². The Balaban J connectivity index is 1.79. The van der Waals surface area contributed by atoms with Gasteiger partial charge in [0.05, 0.1) is 13.2 Å². The lowest BCUT2D eigenvalue weighted by atomic mass is 10.0. The molecule has 1 nitrogen and oxygen atoms in total. The molecule has 0 aliphatic rings. The highest BCUT2D eigenvalue weighted by molar-refractivity contribution is 6.18. The zero-order chi connectivity index (χ0) is 14.2. The number of hydrogen-bond acceptors (Lipinski definition) is 1. The minimum Gasteiger partial charge on any atom is -0.376 e. The Morgan fingerprint density at radius 2 is 1.65 bits per heavy atom. The summed E-state index contributed by atoms with van der Waals surface area (Å²) in [6.07, 6.45) is 0.804. The number of halogens is 2. The smallest absolute Gasteiger partial charge is 0.123 e. The molecule has 0 aliphatic carbocycles. The fourth-order valence-electron chi connectivity index (χ4n) is 2.03. The number of rotatable bonds is 7.